The number of aryl methyl sites for hydroxylation is 1. The third-order valence-electron chi connectivity index (χ3n) is 3.19. The van der Waals surface area contributed by atoms with E-state index in [1.54, 1.807) is 26.2 Å². The summed E-state index contributed by atoms with van der Waals surface area (Å²) >= 11 is 6.02. The molecule has 1 N–H and O–H groups in total. The number of amides is 1. The smallest absolute Gasteiger partial charge is 0.261 e. The molecule has 122 valence electrons. The van der Waals surface area contributed by atoms with Crippen LogP contribution >= 0.6 is 11.6 Å². The highest BCUT2D eigenvalue weighted by molar-refractivity contribution is 7.92. The Morgan fingerprint density at radius 2 is 1.70 bits per heavy atom. The Balaban J connectivity index is 2.35. The Morgan fingerprint density at radius 3 is 2.26 bits per heavy atom. The van der Waals surface area contributed by atoms with Crippen molar-refractivity contribution in [1.29, 1.82) is 0 Å². The summed E-state index contributed by atoms with van der Waals surface area (Å²) in [6, 6.07) is 10.9. The number of anilines is 1. The lowest BCUT2D eigenvalue weighted by molar-refractivity contribution is 0.0828. The van der Waals surface area contributed by atoms with Crippen molar-refractivity contribution in [3.05, 3.63) is 58.6 Å². The molecule has 0 atom stereocenters. The summed E-state index contributed by atoms with van der Waals surface area (Å²) in [5.74, 6) is -0.300. The third kappa shape index (κ3) is 4.03. The fraction of sp³-hybridized carbons (Fsp3) is 0.188. The zero-order chi connectivity index (χ0) is 17.2. The summed E-state index contributed by atoms with van der Waals surface area (Å²) in [5, 5.41) is 0.266. The van der Waals surface area contributed by atoms with E-state index in [1.807, 2.05) is 6.92 Å². The van der Waals surface area contributed by atoms with Crippen LogP contribution in [0, 0.1) is 6.92 Å². The number of benzene rings is 2. The fourth-order valence-electron chi connectivity index (χ4n) is 1.93. The van der Waals surface area contributed by atoms with Crippen LogP contribution in [0.15, 0.2) is 47.4 Å². The molecule has 0 spiro atoms. The van der Waals surface area contributed by atoms with Gasteiger partial charge in [-0.3, -0.25) is 9.52 Å². The summed E-state index contributed by atoms with van der Waals surface area (Å²) in [7, 11) is -0.526. The molecule has 5 nitrogen and oxygen atoms in total. The predicted molar refractivity (Wildman–Crippen MR) is 91.5 cm³/mol. The number of rotatable bonds is 4. The molecule has 0 bridgehead atoms. The molecule has 0 saturated heterocycles. The Bertz CT molecular complexity index is 831. The zero-order valence-corrected chi connectivity index (χ0v) is 14.6. The molecule has 0 heterocycles. The highest BCUT2D eigenvalue weighted by Gasteiger charge is 2.17. The summed E-state index contributed by atoms with van der Waals surface area (Å²) in [4.78, 5) is 13.6. The minimum Gasteiger partial charge on any atom is -0.345 e. The van der Waals surface area contributed by atoms with Gasteiger partial charge in [0.15, 0.2) is 0 Å². The van der Waals surface area contributed by atoms with Crippen LogP contribution in [0.2, 0.25) is 5.02 Å². The number of hydrogen-bond acceptors (Lipinski definition) is 3. The normalized spacial score (nSPS) is 11.1. The lowest BCUT2D eigenvalue weighted by Crippen LogP contribution is -2.22. The third-order valence-corrected chi connectivity index (χ3v) is 4.91. The van der Waals surface area contributed by atoms with Crippen LogP contribution < -0.4 is 4.72 Å². The summed E-state index contributed by atoms with van der Waals surface area (Å²) in [6.07, 6.45) is 0. The van der Waals surface area contributed by atoms with E-state index in [0.717, 1.165) is 5.56 Å². The van der Waals surface area contributed by atoms with E-state index in [4.69, 9.17) is 11.6 Å². The van der Waals surface area contributed by atoms with E-state index in [-0.39, 0.29) is 27.1 Å². The van der Waals surface area contributed by atoms with Gasteiger partial charge in [-0.05, 0) is 37.3 Å². The number of nitrogens with zero attached hydrogens (tertiary/aromatic N) is 1. The zero-order valence-electron chi connectivity index (χ0n) is 13.0. The van der Waals surface area contributed by atoms with Crippen LogP contribution in [0.1, 0.15) is 15.9 Å². The van der Waals surface area contributed by atoms with Crippen LogP contribution in [0.3, 0.4) is 0 Å². The highest BCUT2D eigenvalue weighted by atomic mass is 35.5. The van der Waals surface area contributed by atoms with Gasteiger partial charge in [-0.2, -0.15) is 0 Å². The predicted octanol–water partition coefficient (Wildman–Crippen LogP) is 3.15. The molecular weight excluding hydrogens is 336 g/mol. The van der Waals surface area contributed by atoms with Gasteiger partial charge in [-0.25, -0.2) is 8.42 Å². The Kier molecular flexibility index (Phi) is 4.97. The van der Waals surface area contributed by atoms with Gasteiger partial charge < -0.3 is 4.90 Å². The monoisotopic (exact) mass is 352 g/mol. The molecule has 1 amide bonds. The largest absolute Gasteiger partial charge is 0.345 e. The standard InChI is InChI=1S/C16H17ClN2O3S/c1-11-4-7-13(8-5-11)23(21,22)18-12-6-9-15(17)14(10-12)16(20)19(2)3/h4-10,18H,1-3H3. The van der Waals surface area contributed by atoms with Gasteiger partial charge in [0.05, 0.1) is 15.5 Å². The molecule has 23 heavy (non-hydrogen) atoms. The number of sulfonamides is 1. The molecule has 0 aromatic heterocycles. The van der Waals surface area contributed by atoms with Crippen molar-refractivity contribution in [3.63, 3.8) is 0 Å². The first-order valence-corrected chi connectivity index (χ1v) is 8.67. The summed E-state index contributed by atoms with van der Waals surface area (Å²) in [5.41, 5.74) is 1.48. The Labute approximate surface area is 140 Å². The van der Waals surface area contributed by atoms with E-state index in [9.17, 15) is 13.2 Å². The van der Waals surface area contributed by atoms with Gasteiger partial charge in [0.1, 0.15) is 0 Å². The molecule has 2 aromatic carbocycles. The van der Waals surface area contributed by atoms with Crippen molar-refractivity contribution >= 4 is 33.2 Å². The van der Waals surface area contributed by atoms with Crippen LogP contribution in [-0.2, 0) is 10.0 Å². The van der Waals surface area contributed by atoms with Crippen molar-refractivity contribution in [2.75, 3.05) is 18.8 Å². The molecule has 0 saturated carbocycles. The molecule has 0 fully saturated rings. The van der Waals surface area contributed by atoms with E-state index in [0.29, 0.717) is 0 Å². The SMILES string of the molecule is Cc1ccc(S(=O)(=O)Nc2ccc(Cl)c(C(=O)N(C)C)c2)cc1. The average Bonchev–Trinajstić information content (AvgIpc) is 2.48. The molecular formula is C16H17ClN2O3S. The first-order valence-electron chi connectivity index (χ1n) is 6.81. The van der Waals surface area contributed by atoms with Gasteiger partial charge in [-0.1, -0.05) is 29.3 Å². The summed E-state index contributed by atoms with van der Waals surface area (Å²) < 4.78 is 27.2. The first-order chi connectivity index (χ1) is 10.7. The topological polar surface area (TPSA) is 66.5 Å². The second-order valence-corrected chi connectivity index (χ2v) is 7.40. The van der Waals surface area contributed by atoms with Gasteiger partial charge in [0, 0.05) is 19.8 Å². The van der Waals surface area contributed by atoms with Crippen LogP contribution in [0.5, 0.6) is 0 Å². The molecule has 0 aliphatic carbocycles. The maximum absolute atomic E-state index is 12.4. The minimum atomic E-state index is -3.72. The molecule has 7 heteroatoms. The van der Waals surface area contributed by atoms with Crippen molar-refractivity contribution in [2.45, 2.75) is 11.8 Å². The molecule has 2 rings (SSSR count). The number of halogens is 1. The van der Waals surface area contributed by atoms with Crippen LogP contribution in [0.25, 0.3) is 0 Å². The van der Waals surface area contributed by atoms with Gasteiger partial charge in [0.25, 0.3) is 15.9 Å². The number of nitrogens with one attached hydrogen (secondary N) is 1. The lowest BCUT2D eigenvalue weighted by Gasteiger charge is -2.14. The van der Waals surface area contributed by atoms with Crippen LogP contribution in [0.4, 0.5) is 5.69 Å². The number of carbonyl (C=O) groups excluding carboxylic acids is 1. The van der Waals surface area contributed by atoms with Gasteiger partial charge in [-0.15, -0.1) is 0 Å². The first kappa shape index (κ1) is 17.3. The Hall–Kier alpha value is -2.05. The van der Waals surface area contributed by atoms with Crippen molar-refractivity contribution in [3.8, 4) is 0 Å². The maximum atomic E-state index is 12.4. The maximum Gasteiger partial charge on any atom is 0.261 e. The second kappa shape index (κ2) is 6.60. The molecule has 0 aliphatic rings. The minimum absolute atomic E-state index is 0.151. The van der Waals surface area contributed by atoms with Crippen molar-refractivity contribution in [1.82, 2.24) is 4.90 Å². The fourth-order valence-corrected chi connectivity index (χ4v) is 3.17. The van der Waals surface area contributed by atoms with Crippen molar-refractivity contribution in [2.24, 2.45) is 0 Å². The van der Waals surface area contributed by atoms with E-state index in [2.05, 4.69) is 4.72 Å². The number of carbonyl (C=O) groups is 1. The molecule has 2 aromatic rings. The molecule has 0 radical (unpaired) electrons. The lowest BCUT2D eigenvalue weighted by atomic mass is 10.2. The summed E-state index contributed by atoms with van der Waals surface area (Å²) in [6.45, 7) is 1.88. The van der Waals surface area contributed by atoms with Crippen molar-refractivity contribution < 1.29 is 13.2 Å². The van der Waals surface area contributed by atoms with Gasteiger partial charge >= 0.3 is 0 Å². The quantitative estimate of drug-likeness (QED) is 0.919. The second-order valence-electron chi connectivity index (χ2n) is 5.31. The molecule has 0 aliphatic heterocycles. The number of hydrogen-bond donors (Lipinski definition) is 1. The Morgan fingerprint density at radius 1 is 1.09 bits per heavy atom. The highest BCUT2D eigenvalue weighted by Crippen LogP contribution is 2.24. The van der Waals surface area contributed by atoms with E-state index < -0.39 is 10.0 Å². The van der Waals surface area contributed by atoms with Crippen LogP contribution in [-0.4, -0.2) is 33.3 Å². The van der Waals surface area contributed by atoms with E-state index in [1.165, 1.54) is 35.2 Å². The average molecular weight is 353 g/mol. The molecule has 0 unspecified atom stereocenters. The van der Waals surface area contributed by atoms with E-state index >= 15 is 0 Å². The van der Waals surface area contributed by atoms with Gasteiger partial charge in [0.2, 0.25) is 0 Å².